The zero-order valence-corrected chi connectivity index (χ0v) is 29.1. The summed E-state index contributed by atoms with van der Waals surface area (Å²) in [5.74, 6) is -3.72. The molecular formula is C35H40FN7O8S. The van der Waals surface area contributed by atoms with Crippen LogP contribution in [0.25, 0.3) is 0 Å². The molecule has 15 nitrogen and oxygen atoms in total. The number of carbonyl (C=O) groups excluding carboxylic acids is 5. The Morgan fingerprint density at radius 1 is 1.06 bits per heavy atom. The molecule has 2 aliphatic carbocycles. The topological polar surface area (TPSA) is 197 Å². The minimum absolute atomic E-state index is 0.00391. The third kappa shape index (κ3) is 7.36. The van der Waals surface area contributed by atoms with Gasteiger partial charge in [-0.25, -0.2) is 22.6 Å². The fourth-order valence-corrected chi connectivity index (χ4v) is 8.59. The molecule has 3 N–H and O–H groups in total. The molecule has 3 aliphatic heterocycles. The first-order valence-electron chi connectivity index (χ1n) is 17.6. The van der Waals surface area contributed by atoms with Crippen LogP contribution in [0.2, 0.25) is 0 Å². The Hall–Kier alpha value is -4.93. The number of benzene rings is 1. The van der Waals surface area contributed by atoms with Gasteiger partial charge in [0.2, 0.25) is 21.8 Å². The molecule has 276 valence electrons. The van der Waals surface area contributed by atoms with Crippen molar-refractivity contribution in [3.05, 3.63) is 71.6 Å². The van der Waals surface area contributed by atoms with Crippen LogP contribution in [0.1, 0.15) is 79.4 Å². The van der Waals surface area contributed by atoms with Crippen molar-refractivity contribution in [3.8, 4) is 0 Å². The molecule has 2 aromatic rings. The molecule has 5 atom stereocenters. The Morgan fingerprint density at radius 2 is 1.88 bits per heavy atom. The minimum Gasteiger partial charge on any atom is -0.444 e. The number of hydrogen-bond donors (Lipinski definition) is 3. The highest BCUT2D eigenvalue weighted by Gasteiger charge is 2.62. The van der Waals surface area contributed by atoms with E-state index in [1.165, 1.54) is 34.5 Å². The minimum atomic E-state index is -3.93. The molecule has 0 bridgehead atoms. The summed E-state index contributed by atoms with van der Waals surface area (Å²) in [6.07, 6.45) is 9.85. The second-order valence-electron chi connectivity index (χ2n) is 14.1. The molecule has 5 aliphatic rings. The summed E-state index contributed by atoms with van der Waals surface area (Å²) >= 11 is 0. The molecule has 5 amide bonds. The van der Waals surface area contributed by atoms with Gasteiger partial charge >= 0.3 is 6.09 Å². The zero-order valence-electron chi connectivity index (χ0n) is 28.3. The lowest BCUT2D eigenvalue weighted by Gasteiger charge is -2.29. The lowest BCUT2D eigenvalue weighted by Crippen LogP contribution is -2.58. The normalized spacial score (nSPS) is 28.2. The number of nitrogens with one attached hydrogen (secondary N) is 3. The number of rotatable bonds is 6. The molecule has 1 saturated heterocycles. The van der Waals surface area contributed by atoms with Gasteiger partial charge in [-0.3, -0.25) is 33.8 Å². The molecule has 4 heterocycles. The van der Waals surface area contributed by atoms with Crippen LogP contribution in [0.4, 0.5) is 9.18 Å². The molecule has 7 rings (SSSR count). The molecule has 1 aromatic carbocycles. The second-order valence-corrected chi connectivity index (χ2v) is 16.1. The third-order valence-corrected chi connectivity index (χ3v) is 12.2. The van der Waals surface area contributed by atoms with E-state index in [4.69, 9.17) is 4.74 Å². The number of sulfonamides is 1. The number of carbonyl (C=O) groups is 5. The average molecular weight is 738 g/mol. The summed E-state index contributed by atoms with van der Waals surface area (Å²) in [4.78, 5) is 79.2. The summed E-state index contributed by atoms with van der Waals surface area (Å²) in [5, 5.41) is 4.86. The van der Waals surface area contributed by atoms with Crippen molar-refractivity contribution in [3.63, 3.8) is 0 Å². The van der Waals surface area contributed by atoms with Gasteiger partial charge in [-0.05, 0) is 50.2 Å². The summed E-state index contributed by atoms with van der Waals surface area (Å²) < 4.78 is 47.9. The first-order valence-corrected chi connectivity index (χ1v) is 19.1. The smallest absolute Gasteiger partial charge is 0.410 e. The largest absolute Gasteiger partial charge is 0.444 e. The molecule has 0 radical (unpaired) electrons. The standard InChI is InChI=1S/C35H40FN7O8S/c36-26-9-6-7-21-18-42(20-25(21)26)34(48)51-23-15-29-31(45)40-35(33(47)41-52(49,50)24-11-12-24)16-22(35)8-4-2-1-3-5-10-27(32(46)43(29)19-23)39-30(44)28-17-37-13-14-38-28/h4,6-9,13-14,17,22-24,27,29H,1-3,5,10-12,15-16,18-20H2,(H,39,44)(H,40,45)(H,41,47)/b8-4-/t22-,23-,27+,29?,35-/m1/s1. The fraction of sp³-hybridized carbons (Fsp3) is 0.514. The fourth-order valence-electron chi connectivity index (χ4n) is 7.22. The predicted octanol–water partition coefficient (Wildman–Crippen LogP) is 1.84. The second kappa shape index (κ2) is 14.2. The zero-order chi connectivity index (χ0) is 36.6. The number of hydrogen-bond acceptors (Lipinski definition) is 10. The van der Waals surface area contributed by atoms with Crippen molar-refractivity contribution in [1.82, 2.24) is 35.1 Å². The van der Waals surface area contributed by atoms with Crippen LogP contribution in [-0.2, 0) is 42.2 Å². The number of aromatic nitrogens is 2. The highest BCUT2D eigenvalue weighted by molar-refractivity contribution is 7.91. The molecule has 2 saturated carbocycles. The van der Waals surface area contributed by atoms with Crippen LogP contribution in [-0.4, -0.2) is 93.4 Å². The maximum absolute atomic E-state index is 14.4. The van der Waals surface area contributed by atoms with Crippen molar-refractivity contribution in [1.29, 1.82) is 0 Å². The van der Waals surface area contributed by atoms with Crippen LogP contribution in [0.5, 0.6) is 0 Å². The lowest BCUT2D eigenvalue weighted by molar-refractivity contribution is -0.141. The first kappa shape index (κ1) is 35.5. The highest BCUT2D eigenvalue weighted by Crippen LogP contribution is 2.46. The van der Waals surface area contributed by atoms with Crippen molar-refractivity contribution < 1.29 is 41.5 Å². The van der Waals surface area contributed by atoms with Gasteiger partial charge < -0.3 is 20.3 Å². The Morgan fingerprint density at radius 3 is 2.63 bits per heavy atom. The van der Waals surface area contributed by atoms with E-state index in [0.29, 0.717) is 43.2 Å². The monoisotopic (exact) mass is 737 g/mol. The number of halogens is 1. The SMILES string of the molecule is O=C(N[C@H]1CCCCC/C=C\[C@@H]2C[C@@]2(C(=O)NS(=O)(=O)C2CC2)NC(=O)C2C[C@@H](OC(=O)N3Cc4cccc(F)c4C3)CN2C1=O)c1cnccn1. The Kier molecular flexibility index (Phi) is 9.71. The van der Waals surface area contributed by atoms with Crippen LogP contribution < -0.4 is 15.4 Å². The Bertz CT molecular complexity index is 1910. The lowest BCUT2D eigenvalue weighted by atomic mass is 10.0. The summed E-state index contributed by atoms with van der Waals surface area (Å²) in [6, 6.07) is 2.27. The van der Waals surface area contributed by atoms with Gasteiger partial charge in [-0.2, -0.15) is 0 Å². The number of allylic oxidation sites excluding steroid dienone is 1. The van der Waals surface area contributed by atoms with E-state index in [0.717, 1.165) is 6.42 Å². The summed E-state index contributed by atoms with van der Waals surface area (Å²) in [6.45, 7) is -0.0845. The van der Waals surface area contributed by atoms with Crippen LogP contribution in [0.3, 0.4) is 0 Å². The van der Waals surface area contributed by atoms with Crippen LogP contribution in [0, 0.1) is 11.7 Å². The van der Waals surface area contributed by atoms with Gasteiger partial charge in [0.25, 0.3) is 11.8 Å². The maximum atomic E-state index is 14.4. The van der Waals surface area contributed by atoms with Crippen LogP contribution in [0.15, 0.2) is 48.9 Å². The number of fused-ring (bicyclic) bond motifs is 3. The molecule has 1 unspecified atom stereocenters. The van der Waals surface area contributed by atoms with E-state index in [9.17, 15) is 36.8 Å². The van der Waals surface area contributed by atoms with E-state index in [1.807, 2.05) is 12.2 Å². The van der Waals surface area contributed by atoms with Crippen LogP contribution >= 0.6 is 0 Å². The molecule has 17 heteroatoms. The molecule has 52 heavy (non-hydrogen) atoms. The van der Waals surface area contributed by atoms with Crippen molar-refractivity contribution in [2.24, 2.45) is 5.92 Å². The maximum Gasteiger partial charge on any atom is 0.410 e. The van der Waals surface area contributed by atoms with E-state index >= 15 is 0 Å². The molecule has 0 spiro atoms. The van der Waals surface area contributed by atoms with Gasteiger partial charge in [0.15, 0.2) is 0 Å². The molecule has 1 aromatic heterocycles. The summed E-state index contributed by atoms with van der Waals surface area (Å²) in [7, 11) is -3.93. The van der Waals surface area contributed by atoms with E-state index in [1.54, 1.807) is 12.1 Å². The average Bonchev–Trinajstić information content (AvgIpc) is 4.01. The molecular weight excluding hydrogens is 697 g/mol. The Labute approximate surface area is 299 Å². The van der Waals surface area contributed by atoms with Crippen molar-refractivity contribution in [2.45, 2.75) is 99.9 Å². The molecule has 3 fully saturated rings. The number of amides is 5. The van der Waals surface area contributed by atoms with E-state index < -0.39 is 80.5 Å². The van der Waals surface area contributed by atoms with Gasteiger partial charge in [-0.15, -0.1) is 0 Å². The quantitative estimate of drug-likeness (QED) is 0.368. The van der Waals surface area contributed by atoms with Crippen molar-refractivity contribution >= 4 is 39.7 Å². The number of nitrogens with zero attached hydrogens (tertiary/aromatic N) is 4. The highest BCUT2D eigenvalue weighted by atomic mass is 32.2. The van der Waals surface area contributed by atoms with Gasteiger partial charge in [0, 0.05) is 36.8 Å². The van der Waals surface area contributed by atoms with Gasteiger partial charge in [0.05, 0.1) is 24.5 Å². The van der Waals surface area contributed by atoms with Crippen molar-refractivity contribution in [2.75, 3.05) is 6.54 Å². The first-order chi connectivity index (χ1) is 24.9. The Balaban J connectivity index is 1.14. The van der Waals surface area contributed by atoms with E-state index in [-0.39, 0.29) is 44.6 Å². The summed E-state index contributed by atoms with van der Waals surface area (Å²) in [5.41, 5.74) is -0.539. The predicted molar refractivity (Wildman–Crippen MR) is 181 cm³/mol. The van der Waals surface area contributed by atoms with E-state index in [2.05, 4.69) is 25.3 Å². The third-order valence-electron chi connectivity index (χ3n) is 10.4. The van der Waals surface area contributed by atoms with Gasteiger partial charge in [-0.1, -0.05) is 37.1 Å². The number of ether oxygens (including phenoxy) is 1. The van der Waals surface area contributed by atoms with Gasteiger partial charge in [0.1, 0.15) is 35.2 Å².